The number of sulfonamides is 1. The Morgan fingerprint density at radius 1 is 0.833 bits per heavy atom. The number of ether oxygens (including phenoxy) is 1. The van der Waals surface area contributed by atoms with Crippen molar-refractivity contribution < 1.29 is 17.9 Å². The number of halogens is 1. The molecule has 6 nitrogen and oxygen atoms in total. The van der Waals surface area contributed by atoms with E-state index in [4.69, 9.17) is 16.3 Å². The van der Waals surface area contributed by atoms with Gasteiger partial charge in [0.15, 0.2) is 0 Å². The minimum Gasteiger partial charge on any atom is -0.495 e. The first-order valence-electron chi connectivity index (χ1n) is 11.2. The minimum absolute atomic E-state index is 0.0431. The summed E-state index contributed by atoms with van der Waals surface area (Å²) in [5.41, 5.74) is 2.35. The van der Waals surface area contributed by atoms with Gasteiger partial charge in [0.05, 0.1) is 17.7 Å². The SMILES string of the molecule is COc1ccc(S(=O)(=O)N(Cc2ccccc2)Cc2ccccc2)cc1NC(=O)c1ccc(Cl)cc1. The fourth-order valence-corrected chi connectivity index (χ4v) is 5.26. The van der Waals surface area contributed by atoms with Gasteiger partial charge in [0.2, 0.25) is 10.0 Å². The lowest BCUT2D eigenvalue weighted by atomic mass is 10.2. The van der Waals surface area contributed by atoms with E-state index in [1.807, 2.05) is 60.7 Å². The number of nitrogens with zero attached hydrogens (tertiary/aromatic N) is 1. The molecule has 0 saturated carbocycles. The second-order valence-corrected chi connectivity index (χ2v) is 10.4. The molecule has 0 fully saturated rings. The van der Waals surface area contributed by atoms with Gasteiger partial charge in [0, 0.05) is 23.7 Å². The van der Waals surface area contributed by atoms with Crippen LogP contribution in [0.25, 0.3) is 0 Å². The molecule has 4 rings (SSSR count). The number of methoxy groups -OCH3 is 1. The van der Waals surface area contributed by atoms with Crippen LogP contribution in [0.3, 0.4) is 0 Å². The summed E-state index contributed by atoms with van der Waals surface area (Å²) in [6.45, 7) is 0.382. The largest absolute Gasteiger partial charge is 0.495 e. The molecule has 184 valence electrons. The summed E-state index contributed by atoms with van der Waals surface area (Å²) in [6, 6.07) is 29.7. The molecule has 0 aliphatic heterocycles. The number of nitrogens with one attached hydrogen (secondary N) is 1. The first-order valence-corrected chi connectivity index (χ1v) is 13.0. The summed E-state index contributed by atoms with van der Waals surface area (Å²) in [6.07, 6.45) is 0. The van der Waals surface area contributed by atoms with Gasteiger partial charge in [-0.3, -0.25) is 4.79 Å². The van der Waals surface area contributed by atoms with Crippen molar-refractivity contribution in [1.82, 2.24) is 4.31 Å². The fraction of sp³-hybridized carbons (Fsp3) is 0.107. The van der Waals surface area contributed by atoms with Crippen LogP contribution >= 0.6 is 11.6 Å². The predicted octanol–water partition coefficient (Wildman–Crippen LogP) is 5.99. The molecule has 0 unspecified atom stereocenters. The molecule has 1 N–H and O–H groups in total. The third kappa shape index (κ3) is 6.12. The lowest BCUT2D eigenvalue weighted by Gasteiger charge is -2.23. The molecule has 1 amide bonds. The third-order valence-electron chi connectivity index (χ3n) is 5.57. The zero-order valence-electron chi connectivity index (χ0n) is 19.6. The number of hydrogen-bond acceptors (Lipinski definition) is 4. The van der Waals surface area contributed by atoms with Crippen LogP contribution in [-0.4, -0.2) is 25.7 Å². The Morgan fingerprint density at radius 2 is 1.39 bits per heavy atom. The number of carbonyl (C=O) groups excluding carboxylic acids is 1. The van der Waals surface area contributed by atoms with E-state index in [1.165, 1.54) is 29.6 Å². The Balaban J connectivity index is 1.68. The molecular weight excluding hydrogens is 496 g/mol. The predicted molar refractivity (Wildman–Crippen MR) is 142 cm³/mol. The number of carbonyl (C=O) groups is 1. The van der Waals surface area contributed by atoms with Crippen LogP contribution in [0.2, 0.25) is 5.02 Å². The van der Waals surface area contributed by atoms with Crippen LogP contribution in [0.5, 0.6) is 5.75 Å². The molecule has 8 heteroatoms. The minimum atomic E-state index is -3.94. The van der Waals surface area contributed by atoms with Gasteiger partial charge in [-0.25, -0.2) is 8.42 Å². The standard InChI is InChI=1S/C28H25ClN2O4S/c1-35-27-17-16-25(18-26(27)30-28(32)23-12-14-24(29)15-13-23)36(33,34)31(19-21-8-4-2-5-9-21)20-22-10-6-3-7-11-22/h2-18H,19-20H2,1H3,(H,30,32). The van der Waals surface area contributed by atoms with Crippen LogP contribution in [0.1, 0.15) is 21.5 Å². The monoisotopic (exact) mass is 520 g/mol. The average molecular weight is 521 g/mol. The van der Waals surface area contributed by atoms with Crippen molar-refractivity contribution >= 4 is 33.2 Å². The van der Waals surface area contributed by atoms with Crippen LogP contribution in [0.15, 0.2) is 108 Å². The Bertz CT molecular complexity index is 1390. The summed E-state index contributed by atoms with van der Waals surface area (Å²) >= 11 is 5.92. The Kier molecular flexibility index (Phi) is 8.05. The van der Waals surface area contributed by atoms with Crippen molar-refractivity contribution in [1.29, 1.82) is 0 Å². The highest BCUT2D eigenvalue weighted by Gasteiger charge is 2.26. The fourth-order valence-electron chi connectivity index (χ4n) is 3.69. The van der Waals surface area contributed by atoms with Crippen molar-refractivity contribution in [3.63, 3.8) is 0 Å². The Hall–Kier alpha value is -3.65. The van der Waals surface area contributed by atoms with Gasteiger partial charge in [0.1, 0.15) is 5.75 Å². The van der Waals surface area contributed by atoms with Gasteiger partial charge < -0.3 is 10.1 Å². The molecule has 0 aliphatic carbocycles. The highest BCUT2D eigenvalue weighted by Crippen LogP contribution is 2.30. The maximum atomic E-state index is 13.8. The topological polar surface area (TPSA) is 75.7 Å². The normalized spacial score (nSPS) is 11.3. The molecule has 0 aliphatic rings. The molecular formula is C28H25ClN2O4S. The Morgan fingerprint density at radius 3 is 1.92 bits per heavy atom. The van der Waals surface area contributed by atoms with E-state index in [-0.39, 0.29) is 23.7 Å². The highest BCUT2D eigenvalue weighted by molar-refractivity contribution is 7.89. The second-order valence-electron chi connectivity index (χ2n) is 8.07. The summed E-state index contributed by atoms with van der Waals surface area (Å²) < 4.78 is 34.5. The third-order valence-corrected chi connectivity index (χ3v) is 7.61. The van der Waals surface area contributed by atoms with E-state index >= 15 is 0 Å². The lowest BCUT2D eigenvalue weighted by Crippen LogP contribution is -2.30. The molecule has 0 heterocycles. The molecule has 0 bridgehead atoms. The summed E-state index contributed by atoms with van der Waals surface area (Å²) in [5, 5.41) is 3.27. The zero-order chi connectivity index (χ0) is 25.5. The molecule has 0 aromatic heterocycles. The van der Waals surface area contributed by atoms with Crippen LogP contribution in [0, 0.1) is 0 Å². The Labute approximate surface area is 216 Å². The van der Waals surface area contributed by atoms with E-state index in [0.29, 0.717) is 16.3 Å². The zero-order valence-corrected chi connectivity index (χ0v) is 21.2. The van der Waals surface area contributed by atoms with E-state index in [1.54, 1.807) is 24.3 Å². The van der Waals surface area contributed by atoms with Gasteiger partial charge >= 0.3 is 0 Å². The summed E-state index contributed by atoms with van der Waals surface area (Å²) in [5.74, 6) is -0.0705. The van der Waals surface area contributed by atoms with Gasteiger partial charge in [0.25, 0.3) is 5.91 Å². The van der Waals surface area contributed by atoms with Gasteiger partial charge in [-0.1, -0.05) is 72.3 Å². The van der Waals surface area contributed by atoms with E-state index in [9.17, 15) is 13.2 Å². The molecule has 0 spiro atoms. The van der Waals surface area contributed by atoms with Crippen LogP contribution < -0.4 is 10.1 Å². The van der Waals surface area contributed by atoms with Crippen molar-refractivity contribution in [2.75, 3.05) is 12.4 Å². The molecule has 0 saturated heterocycles. The average Bonchev–Trinajstić information content (AvgIpc) is 2.90. The number of rotatable bonds is 9. The van der Waals surface area contributed by atoms with Crippen molar-refractivity contribution in [2.24, 2.45) is 0 Å². The highest BCUT2D eigenvalue weighted by atomic mass is 35.5. The summed E-state index contributed by atoms with van der Waals surface area (Å²) in [7, 11) is -2.49. The maximum Gasteiger partial charge on any atom is 0.255 e. The van der Waals surface area contributed by atoms with Crippen LogP contribution in [0.4, 0.5) is 5.69 Å². The first-order chi connectivity index (χ1) is 17.4. The number of benzene rings is 4. The molecule has 36 heavy (non-hydrogen) atoms. The van der Waals surface area contributed by atoms with E-state index in [2.05, 4.69) is 5.32 Å². The number of anilines is 1. The smallest absolute Gasteiger partial charge is 0.255 e. The molecule has 0 radical (unpaired) electrons. The molecule has 0 atom stereocenters. The second kappa shape index (κ2) is 11.4. The van der Waals surface area contributed by atoms with Crippen molar-refractivity contribution in [3.8, 4) is 5.75 Å². The molecule has 4 aromatic carbocycles. The van der Waals surface area contributed by atoms with Crippen LogP contribution in [-0.2, 0) is 23.1 Å². The van der Waals surface area contributed by atoms with Gasteiger partial charge in [-0.05, 0) is 53.6 Å². The molecule has 4 aromatic rings. The van der Waals surface area contributed by atoms with E-state index in [0.717, 1.165) is 11.1 Å². The lowest BCUT2D eigenvalue weighted by molar-refractivity contribution is 0.102. The van der Waals surface area contributed by atoms with E-state index < -0.39 is 15.9 Å². The maximum absolute atomic E-state index is 13.8. The van der Waals surface area contributed by atoms with Gasteiger partial charge in [-0.2, -0.15) is 4.31 Å². The first kappa shape index (κ1) is 25.4. The number of hydrogen-bond donors (Lipinski definition) is 1. The number of amides is 1. The van der Waals surface area contributed by atoms with Gasteiger partial charge in [-0.15, -0.1) is 0 Å². The van der Waals surface area contributed by atoms with Crippen molar-refractivity contribution in [3.05, 3.63) is 125 Å². The quantitative estimate of drug-likeness (QED) is 0.294. The summed E-state index contributed by atoms with van der Waals surface area (Å²) in [4.78, 5) is 12.8. The van der Waals surface area contributed by atoms with Crippen molar-refractivity contribution in [2.45, 2.75) is 18.0 Å².